The molecule has 3 N–H and O–H groups in total. The number of halogens is 3. The van der Waals surface area contributed by atoms with E-state index in [0.717, 1.165) is 19.3 Å². The van der Waals surface area contributed by atoms with Crippen LogP contribution in [0.3, 0.4) is 0 Å². The first-order valence-corrected chi connectivity index (χ1v) is 12.0. The van der Waals surface area contributed by atoms with Gasteiger partial charge in [0, 0.05) is 16.8 Å². The second-order valence-corrected chi connectivity index (χ2v) is 10.1. The number of carboxylic acid groups (broad SMARTS) is 1. The first kappa shape index (κ1) is 26.3. The fourth-order valence-corrected chi connectivity index (χ4v) is 5.59. The van der Waals surface area contributed by atoms with Crippen LogP contribution in [0.5, 0.6) is 5.75 Å². The average molecular weight is 519 g/mol. The predicted molar refractivity (Wildman–Crippen MR) is 132 cm³/mol. The number of alkyl halides is 3. The molecule has 11 heteroatoms. The minimum absolute atomic E-state index is 0.301. The molecule has 8 nitrogen and oxygen atoms in total. The van der Waals surface area contributed by atoms with Crippen LogP contribution in [0.4, 0.5) is 24.8 Å². The third-order valence-electron chi connectivity index (χ3n) is 6.58. The summed E-state index contributed by atoms with van der Waals surface area (Å²) in [4.78, 5) is 28.2. The monoisotopic (exact) mass is 518 g/mol. The molecular formula is C26H29F3N4O4. The van der Waals surface area contributed by atoms with Crippen molar-refractivity contribution in [2.24, 2.45) is 11.8 Å². The van der Waals surface area contributed by atoms with E-state index < -0.39 is 24.8 Å². The summed E-state index contributed by atoms with van der Waals surface area (Å²) >= 11 is 0. The van der Waals surface area contributed by atoms with E-state index in [1.54, 1.807) is 18.2 Å². The number of amides is 1. The van der Waals surface area contributed by atoms with Gasteiger partial charge in [-0.25, -0.2) is 4.98 Å². The van der Waals surface area contributed by atoms with Crippen molar-refractivity contribution in [1.82, 2.24) is 14.9 Å². The third-order valence-corrected chi connectivity index (χ3v) is 6.58. The van der Waals surface area contributed by atoms with Crippen LogP contribution in [0, 0.1) is 11.8 Å². The van der Waals surface area contributed by atoms with Crippen molar-refractivity contribution in [3.8, 4) is 5.75 Å². The highest BCUT2D eigenvalue weighted by atomic mass is 19.4. The number of carbonyl (C=O) groups excluding carboxylic acids is 1. The lowest BCUT2D eigenvalue weighted by molar-refractivity contribution is -0.274. The number of rotatable bonds is 7. The Bertz CT molecular complexity index is 1290. The normalized spacial score (nSPS) is 22.0. The number of hydrogen-bond donors (Lipinski definition) is 3. The molecule has 2 aromatic carbocycles. The van der Waals surface area contributed by atoms with Crippen LogP contribution >= 0.6 is 0 Å². The van der Waals surface area contributed by atoms with Gasteiger partial charge in [-0.1, -0.05) is 13.8 Å². The Kier molecular flexibility index (Phi) is 7.07. The molecule has 1 saturated carbocycles. The van der Waals surface area contributed by atoms with Crippen molar-refractivity contribution in [3.63, 3.8) is 0 Å². The molecule has 1 aliphatic carbocycles. The summed E-state index contributed by atoms with van der Waals surface area (Å²) in [7, 11) is 0. The van der Waals surface area contributed by atoms with E-state index in [4.69, 9.17) is 10.1 Å². The summed E-state index contributed by atoms with van der Waals surface area (Å²) in [5.74, 6) is -0.603. The maximum Gasteiger partial charge on any atom is 0.573 e. The molecular weight excluding hydrogens is 489 g/mol. The van der Waals surface area contributed by atoms with E-state index in [9.17, 15) is 22.8 Å². The molecule has 0 bridgehead atoms. The number of carboxylic acids is 1. The molecule has 0 spiro atoms. The molecule has 0 radical (unpaired) electrons. The molecule has 0 saturated heterocycles. The van der Waals surface area contributed by atoms with E-state index in [1.807, 2.05) is 0 Å². The van der Waals surface area contributed by atoms with Crippen LogP contribution < -0.4 is 15.4 Å². The summed E-state index contributed by atoms with van der Waals surface area (Å²) in [6.07, 6.45) is -1.95. The van der Waals surface area contributed by atoms with Gasteiger partial charge in [-0.2, -0.15) is 0 Å². The second kappa shape index (κ2) is 9.95. The molecule has 1 aromatic heterocycles. The molecule has 1 aliphatic rings. The minimum Gasteiger partial charge on any atom is -0.480 e. The van der Waals surface area contributed by atoms with Crippen molar-refractivity contribution >= 4 is 34.5 Å². The quantitative estimate of drug-likeness (QED) is 0.373. The van der Waals surface area contributed by atoms with Gasteiger partial charge in [-0.3, -0.25) is 9.59 Å². The SMILES string of the molecule is CC1C[C@@H](C)C[C@@](C)(n2c(Nc3ccc(OC(F)(F)F)cc3)nc3ccc(C(=O)NCC(=O)O)cc32)C1. The molecule has 1 fully saturated rings. The average Bonchev–Trinajstić information content (AvgIpc) is 3.14. The number of aromatic nitrogens is 2. The number of carbonyl (C=O) groups is 2. The lowest BCUT2D eigenvalue weighted by Gasteiger charge is -2.42. The number of aliphatic carboxylic acids is 1. The molecule has 0 aliphatic heterocycles. The fourth-order valence-electron chi connectivity index (χ4n) is 5.59. The van der Waals surface area contributed by atoms with Gasteiger partial charge in [0.2, 0.25) is 5.95 Å². The van der Waals surface area contributed by atoms with Crippen molar-refractivity contribution in [1.29, 1.82) is 0 Å². The zero-order valence-corrected chi connectivity index (χ0v) is 20.7. The molecule has 198 valence electrons. The number of fused-ring (bicyclic) bond motifs is 1. The van der Waals surface area contributed by atoms with Crippen molar-refractivity contribution in [2.75, 3.05) is 11.9 Å². The predicted octanol–water partition coefficient (Wildman–Crippen LogP) is 5.66. The summed E-state index contributed by atoms with van der Waals surface area (Å²) in [5.41, 5.74) is 1.79. The minimum atomic E-state index is -4.78. The highest BCUT2D eigenvalue weighted by molar-refractivity contribution is 5.99. The van der Waals surface area contributed by atoms with Crippen LogP contribution in [0.15, 0.2) is 42.5 Å². The van der Waals surface area contributed by atoms with Crippen LogP contribution in [0.1, 0.15) is 50.4 Å². The van der Waals surface area contributed by atoms with Crippen molar-refractivity contribution in [2.45, 2.75) is 51.9 Å². The second-order valence-electron chi connectivity index (χ2n) is 10.1. The first-order valence-electron chi connectivity index (χ1n) is 12.0. The molecule has 1 unspecified atom stereocenters. The number of hydrogen-bond acceptors (Lipinski definition) is 5. The lowest BCUT2D eigenvalue weighted by Crippen LogP contribution is -2.38. The maximum absolute atomic E-state index is 12.6. The van der Waals surface area contributed by atoms with Crippen LogP contribution in [-0.2, 0) is 10.3 Å². The zero-order chi connectivity index (χ0) is 27.0. The molecule has 3 atom stereocenters. The van der Waals surface area contributed by atoms with Gasteiger partial charge >= 0.3 is 12.3 Å². The summed E-state index contributed by atoms with van der Waals surface area (Å²) in [5, 5.41) is 14.5. The van der Waals surface area contributed by atoms with E-state index >= 15 is 0 Å². The van der Waals surface area contributed by atoms with E-state index in [0.29, 0.717) is 40.1 Å². The molecule has 1 heterocycles. The van der Waals surface area contributed by atoms with Gasteiger partial charge in [0.25, 0.3) is 5.91 Å². The molecule has 4 rings (SSSR count). The van der Waals surface area contributed by atoms with E-state index in [2.05, 4.69) is 40.7 Å². The molecule has 3 aromatic rings. The number of benzene rings is 2. The van der Waals surface area contributed by atoms with E-state index in [1.165, 1.54) is 24.3 Å². The maximum atomic E-state index is 12.6. The number of nitrogens with zero attached hydrogens (tertiary/aromatic N) is 2. The number of imidazole rings is 1. The number of nitrogens with one attached hydrogen (secondary N) is 2. The Balaban J connectivity index is 1.75. The molecule has 37 heavy (non-hydrogen) atoms. The Morgan fingerprint density at radius 1 is 1.14 bits per heavy atom. The van der Waals surface area contributed by atoms with Gasteiger partial charge in [-0.15, -0.1) is 13.2 Å². The standard InChI is InChI=1S/C26H29F3N4O4/c1-15-10-16(2)13-25(3,12-15)33-21-11-17(23(36)30-14-22(34)35)4-9-20(21)32-24(33)31-18-5-7-19(8-6-18)37-26(27,28)29/h4-9,11,15-16H,10,12-14H2,1-3H3,(H,30,36)(H,31,32)(H,34,35)/t15-,16?,25-/m1/s1. The van der Waals surface area contributed by atoms with E-state index in [-0.39, 0.29) is 11.3 Å². The topological polar surface area (TPSA) is 105 Å². The Morgan fingerprint density at radius 3 is 2.38 bits per heavy atom. The largest absolute Gasteiger partial charge is 0.573 e. The van der Waals surface area contributed by atoms with Gasteiger partial charge in [0.15, 0.2) is 0 Å². The van der Waals surface area contributed by atoms with Crippen LogP contribution in [0.2, 0.25) is 0 Å². The number of anilines is 2. The van der Waals surface area contributed by atoms with Crippen LogP contribution in [-0.4, -0.2) is 39.4 Å². The smallest absolute Gasteiger partial charge is 0.480 e. The van der Waals surface area contributed by atoms with Crippen LogP contribution in [0.25, 0.3) is 11.0 Å². The summed E-state index contributed by atoms with van der Waals surface area (Å²) in [6.45, 7) is 6.04. The highest BCUT2D eigenvalue weighted by Crippen LogP contribution is 2.44. The summed E-state index contributed by atoms with van der Waals surface area (Å²) in [6, 6.07) is 10.4. The van der Waals surface area contributed by atoms with Gasteiger partial charge in [0.1, 0.15) is 12.3 Å². The number of ether oxygens (including phenoxy) is 1. The molecule has 1 amide bonds. The summed E-state index contributed by atoms with van der Waals surface area (Å²) < 4.78 is 43.6. The van der Waals surface area contributed by atoms with Gasteiger partial charge in [0.05, 0.1) is 11.0 Å². The van der Waals surface area contributed by atoms with Gasteiger partial charge < -0.3 is 25.0 Å². The Morgan fingerprint density at radius 2 is 1.78 bits per heavy atom. The first-order chi connectivity index (χ1) is 17.3. The third kappa shape index (κ3) is 6.15. The van der Waals surface area contributed by atoms with Crippen molar-refractivity contribution in [3.05, 3.63) is 48.0 Å². The lowest BCUT2D eigenvalue weighted by atomic mass is 9.72. The van der Waals surface area contributed by atoms with Crippen molar-refractivity contribution < 1.29 is 32.6 Å². The zero-order valence-electron chi connectivity index (χ0n) is 20.7. The fraction of sp³-hybridized carbons (Fsp3) is 0.423. The van der Waals surface area contributed by atoms with Gasteiger partial charge in [-0.05, 0) is 80.5 Å². The highest BCUT2D eigenvalue weighted by Gasteiger charge is 2.38. The Hall–Kier alpha value is -3.76. The Labute approximate surface area is 211 Å².